The van der Waals surface area contributed by atoms with Crippen LogP contribution in [-0.2, 0) is 6.54 Å². The number of nitrogens with two attached hydrogens (primary N) is 1. The molecule has 0 atom stereocenters. The molecule has 2 rings (SSSR count). The van der Waals surface area contributed by atoms with Crippen LogP contribution in [0.1, 0.15) is 25.1 Å². The van der Waals surface area contributed by atoms with Crippen molar-refractivity contribution in [3.8, 4) is 5.88 Å². The number of aromatic nitrogens is 3. The summed E-state index contributed by atoms with van der Waals surface area (Å²) in [5.74, 6) is 0.968. The molecule has 20 heavy (non-hydrogen) atoms. The van der Waals surface area contributed by atoms with E-state index >= 15 is 0 Å². The van der Waals surface area contributed by atoms with Crippen molar-refractivity contribution in [1.82, 2.24) is 15.0 Å². The summed E-state index contributed by atoms with van der Waals surface area (Å²) >= 11 is 0. The maximum atomic E-state index is 5.99. The van der Waals surface area contributed by atoms with Gasteiger partial charge in [0.25, 0.3) is 0 Å². The lowest BCUT2D eigenvalue weighted by atomic mass is 10.2. The monoisotopic (exact) mass is 273 g/mol. The van der Waals surface area contributed by atoms with Gasteiger partial charge < -0.3 is 15.8 Å². The third-order valence-electron chi connectivity index (χ3n) is 2.63. The molecule has 0 aliphatic carbocycles. The van der Waals surface area contributed by atoms with E-state index < -0.39 is 0 Å². The maximum Gasteiger partial charge on any atom is 0.242 e. The van der Waals surface area contributed by atoms with Gasteiger partial charge in [-0.3, -0.25) is 4.98 Å². The third kappa shape index (κ3) is 3.57. The summed E-state index contributed by atoms with van der Waals surface area (Å²) in [6, 6.07) is 3.98. The van der Waals surface area contributed by atoms with Crippen molar-refractivity contribution in [1.29, 1.82) is 0 Å². The van der Waals surface area contributed by atoms with Crippen molar-refractivity contribution >= 4 is 11.5 Å². The number of nitrogens with one attached hydrogen (secondary N) is 1. The normalized spacial score (nSPS) is 10.6. The molecule has 0 aliphatic heterocycles. The number of aryl methyl sites for hydroxylation is 1. The zero-order valence-corrected chi connectivity index (χ0v) is 11.9. The number of nitrogens with zero attached hydrogens (tertiary/aromatic N) is 3. The third-order valence-corrected chi connectivity index (χ3v) is 2.63. The van der Waals surface area contributed by atoms with Gasteiger partial charge in [0.15, 0.2) is 5.82 Å². The number of hydrogen-bond donors (Lipinski definition) is 2. The van der Waals surface area contributed by atoms with Crippen molar-refractivity contribution in [2.45, 2.75) is 33.4 Å². The van der Waals surface area contributed by atoms with Crippen LogP contribution in [0.3, 0.4) is 0 Å². The van der Waals surface area contributed by atoms with Gasteiger partial charge in [0, 0.05) is 18.4 Å². The highest BCUT2D eigenvalue weighted by molar-refractivity contribution is 5.66. The molecule has 2 heterocycles. The fourth-order valence-electron chi connectivity index (χ4n) is 1.63. The van der Waals surface area contributed by atoms with E-state index in [9.17, 15) is 0 Å². The Hall–Kier alpha value is -2.37. The molecule has 106 valence electrons. The molecule has 6 nitrogen and oxygen atoms in total. The van der Waals surface area contributed by atoms with Crippen LogP contribution < -0.4 is 15.8 Å². The van der Waals surface area contributed by atoms with Gasteiger partial charge in [-0.25, -0.2) is 4.98 Å². The minimum Gasteiger partial charge on any atom is -0.473 e. The average Bonchev–Trinajstić information content (AvgIpc) is 2.41. The van der Waals surface area contributed by atoms with Crippen LogP contribution in [0.2, 0.25) is 0 Å². The van der Waals surface area contributed by atoms with E-state index in [0.29, 0.717) is 23.9 Å². The minimum atomic E-state index is 0.0151. The molecule has 0 bridgehead atoms. The number of anilines is 2. The Morgan fingerprint density at radius 2 is 2.05 bits per heavy atom. The Labute approximate surface area is 118 Å². The Morgan fingerprint density at radius 1 is 1.25 bits per heavy atom. The van der Waals surface area contributed by atoms with Gasteiger partial charge in [-0.05, 0) is 32.4 Å². The molecular weight excluding hydrogens is 254 g/mol. The SMILES string of the molecule is Cc1ccc(CNc2ncnc(OC(C)C)c2N)cn1. The molecular formula is C14H19N5O. The van der Waals surface area contributed by atoms with Crippen molar-refractivity contribution < 1.29 is 4.74 Å². The van der Waals surface area contributed by atoms with Gasteiger partial charge >= 0.3 is 0 Å². The van der Waals surface area contributed by atoms with Gasteiger partial charge in [0.1, 0.15) is 12.0 Å². The molecule has 6 heteroatoms. The summed E-state index contributed by atoms with van der Waals surface area (Å²) in [6.07, 6.45) is 3.27. The van der Waals surface area contributed by atoms with E-state index in [2.05, 4.69) is 20.3 Å². The summed E-state index contributed by atoms with van der Waals surface area (Å²) < 4.78 is 5.52. The molecule has 0 aromatic carbocycles. The maximum absolute atomic E-state index is 5.99. The predicted molar refractivity (Wildman–Crippen MR) is 78.5 cm³/mol. The fourth-order valence-corrected chi connectivity index (χ4v) is 1.63. The zero-order chi connectivity index (χ0) is 14.5. The summed E-state index contributed by atoms with van der Waals surface area (Å²) in [7, 11) is 0. The van der Waals surface area contributed by atoms with Crippen LogP contribution in [0.4, 0.5) is 11.5 Å². The summed E-state index contributed by atoms with van der Waals surface area (Å²) in [5, 5.41) is 3.17. The van der Waals surface area contributed by atoms with E-state index in [1.807, 2.05) is 39.1 Å². The molecule has 2 aromatic rings. The van der Waals surface area contributed by atoms with Gasteiger partial charge in [0.2, 0.25) is 5.88 Å². The summed E-state index contributed by atoms with van der Waals surface area (Å²) in [6.45, 7) is 6.39. The molecule has 0 saturated heterocycles. The van der Waals surface area contributed by atoms with Crippen molar-refractivity contribution in [2.75, 3.05) is 11.1 Å². The number of pyridine rings is 1. The van der Waals surface area contributed by atoms with E-state index in [1.165, 1.54) is 6.33 Å². The smallest absolute Gasteiger partial charge is 0.242 e. The van der Waals surface area contributed by atoms with Crippen LogP contribution in [0.5, 0.6) is 5.88 Å². The van der Waals surface area contributed by atoms with Crippen LogP contribution in [0.15, 0.2) is 24.7 Å². The standard InChI is InChI=1S/C14H19N5O/c1-9(2)20-14-12(15)13(18-8-19-14)17-7-11-5-4-10(3)16-6-11/h4-6,8-9H,7,15H2,1-3H3,(H,17,18,19). The van der Waals surface area contributed by atoms with Gasteiger partial charge in [-0.15, -0.1) is 0 Å². The second kappa shape index (κ2) is 6.18. The molecule has 0 radical (unpaired) electrons. The molecule has 0 fully saturated rings. The lowest BCUT2D eigenvalue weighted by Gasteiger charge is -2.13. The Bertz CT molecular complexity index is 568. The van der Waals surface area contributed by atoms with Crippen LogP contribution >= 0.6 is 0 Å². The van der Waals surface area contributed by atoms with Gasteiger partial charge in [-0.2, -0.15) is 4.98 Å². The first kappa shape index (κ1) is 14.0. The first-order chi connectivity index (χ1) is 9.56. The molecule has 0 aliphatic rings. The lowest BCUT2D eigenvalue weighted by Crippen LogP contribution is -2.12. The minimum absolute atomic E-state index is 0.0151. The highest BCUT2D eigenvalue weighted by Gasteiger charge is 2.10. The Morgan fingerprint density at radius 3 is 2.70 bits per heavy atom. The van der Waals surface area contributed by atoms with E-state index in [4.69, 9.17) is 10.5 Å². The van der Waals surface area contributed by atoms with Crippen molar-refractivity contribution in [3.63, 3.8) is 0 Å². The average molecular weight is 273 g/mol. The second-order valence-corrected chi connectivity index (χ2v) is 4.77. The number of ether oxygens (including phenoxy) is 1. The largest absolute Gasteiger partial charge is 0.473 e. The van der Waals surface area contributed by atoms with Crippen molar-refractivity contribution in [3.05, 3.63) is 35.9 Å². The summed E-state index contributed by atoms with van der Waals surface area (Å²) in [5.41, 5.74) is 8.45. The van der Waals surface area contributed by atoms with Crippen molar-refractivity contribution in [2.24, 2.45) is 0 Å². The molecule has 0 spiro atoms. The first-order valence-electron chi connectivity index (χ1n) is 6.49. The van der Waals surface area contributed by atoms with Gasteiger partial charge in [0.05, 0.1) is 6.10 Å². The lowest BCUT2D eigenvalue weighted by molar-refractivity contribution is 0.234. The Kier molecular flexibility index (Phi) is 4.34. The zero-order valence-electron chi connectivity index (χ0n) is 11.9. The molecule has 0 amide bonds. The first-order valence-corrected chi connectivity index (χ1v) is 6.49. The fraction of sp³-hybridized carbons (Fsp3) is 0.357. The molecule has 2 aromatic heterocycles. The number of nitrogen functional groups attached to an aromatic ring is 1. The van der Waals surface area contributed by atoms with Crippen LogP contribution in [0, 0.1) is 6.92 Å². The highest BCUT2D eigenvalue weighted by Crippen LogP contribution is 2.25. The molecule has 0 saturated carbocycles. The quantitative estimate of drug-likeness (QED) is 0.868. The summed E-state index contributed by atoms with van der Waals surface area (Å²) in [4.78, 5) is 12.4. The van der Waals surface area contributed by atoms with E-state index in [0.717, 1.165) is 11.3 Å². The van der Waals surface area contributed by atoms with Crippen LogP contribution in [0.25, 0.3) is 0 Å². The van der Waals surface area contributed by atoms with Gasteiger partial charge in [-0.1, -0.05) is 6.07 Å². The predicted octanol–water partition coefficient (Wildman–Crippen LogP) is 2.16. The Balaban J connectivity index is 2.07. The second-order valence-electron chi connectivity index (χ2n) is 4.77. The molecule has 3 N–H and O–H groups in total. The van der Waals surface area contributed by atoms with E-state index in [-0.39, 0.29) is 6.10 Å². The van der Waals surface area contributed by atoms with E-state index in [1.54, 1.807) is 0 Å². The number of rotatable bonds is 5. The topological polar surface area (TPSA) is 86.0 Å². The molecule has 0 unspecified atom stereocenters. The van der Waals surface area contributed by atoms with Crippen LogP contribution in [-0.4, -0.2) is 21.1 Å². The number of hydrogen-bond acceptors (Lipinski definition) is 6. The highest BCUT2D eigenvalue weighted by atomic mass is 16.5.